The fourth-order valence-electron chi connectivity index (χ4n) is 2.80. The first-order valence-corrected chi connectivity index (χ1v) is 4.66. The van der Waals surface area contributed by atoms with Crippen LogP contribution in [0.3, 0.4) is 0 Å². The molecule has 3 aliphatic rings. The van der Waals surface area contributed by atoms with Crippen LogP contribution in [-0.4, -0.2) is 0 Å². The summed E-state index contributed by atoms with van der Waals surface area (Å²) in [7, 11) is 0. The molecule has 0 amide bonds. The monoisotopic (exact) mass is 134 g/mol. The molecule has 3 fully saturated rings. The third-order valence-electron chi connectivity index (χ3n) is 3.54. The standard InChI is InChI=1S/C10H14/c1-2-8-6-10(7-4-5-7)9(8)3-1/h8-9H,1-6H2. The van der Waals surface area contributed by atoms with Gasteiger partial charge >= 0.3 is 0 Å². The first-order chi connectivity index (χ1) is 4.95. The van der Waals surface area contributed by atoms with Gasteiger partial charge in [-0.15, -0.1) is 0 Å². The fourth-order valence-corrected chi connectivity index (χ4v) is 2.80. The van der Waals surface area contributed by atoms with Gasteiger partial charge in [0.15, 0.2) is 0 Å². The Balaban J connectivity index is 1.88. The molecule has 0 aromatic carbocycles. The van der Waals surface area contributed by atoms with Crippen LogP contribution < -0.4 is 0 Å². The molecule has 0 aromatic rings. The lowest BCUT2D eigenvalue weighted by molar-refractivity contribution is 0.324. The summed E-state index contributed by atoms with van der Waals surface area (Å²) in [6.45, 7) is 0. The predicted octanol–water partition coefficient (Wildman–Crippen LogP) is 2.90. The summed E-state index contributed by atoms with van der Waals surface area (Å²) in [6.07, 6.45) is 9.01. The van der Waals surface area contributed by atoms with E-state index in [4.69, 9.17) is 0 Å². The SMILES string of the molecule is C1CC2CC(=C3CC3)C2C1. The van der Waals surface area contributed by atoms with E-state index in [2.05, 4.69) is 0 Å². The van der Waals surface area contributed by atoms with Crippen LogP contribution in [0.5, 0.6) is 0 Å². The van der Waals surface area contributed by atoms with Crippen molar-refractivity contribution in [2.24, 2.45) is 11.8 Å². The van der Waals surface area contributed by atoms with E-state index in [-0.39, 0.29) is 0 Å². The number of hydrogen-bond donors (Lipinski definition) is 0. The van der Waals surface area contributed by atoms with Gasteiger partial charge in [-0.25, -0.2) is 0 Å². The topological polar surface area (TPSA) is 0 Å². The minimum Gasteiger partial charge on any atom is -0.0701 e. The van der Waals surface area contributed by atoms with Crippen molar-refractivity contribution in [1.82, 2.24) is 0 Å². The van der Waals surface area contributed by atoms with Gasteiger partial charge in [0.05, 0.1) is 0 Å². The van der Waals surface area contributed by atoms with Gasteiger partial charge < -0.3 is 0 Å². The highest BCUT2D eigenvalue weighted by Gasteiger charge is 2.41. The van der Waals surface area contributed by atoms with Crippen LogP contribution >= 0.6 is 0 Å². The van der Waals surface area contributed by atoms with Crippen LogP contribution in [0, 0.1) is 11.8 Å². The summed E-state index contributed by atoms with van der Waals surface area (Å²) in [5.41, 5.74) is 3.76. The van der Waals surface area contributed by atoms with Gasteiger partial charge in [0, 0.05) is 0 Å². The third-order valence-corrected chi connectivity index (χ3v) is 3.54. The van der Waals surface area contributed by atoms with Crippen molar-refractivity contribution in [3.63, 3.8) is 0 Å². The van der Waals surface area contributed by atoms with E-state index >= 15 is 0 Å². The van der Waals surface area contributed by atoms with Gasteiger partial charge in [-0.3, -0.25) is 0 Å². The second-order valence-electron chi connectivity index (χ2n) is 4.13. The summed E-state index contributed by atoms with van der Waals surface area (Å²) in [5, 5.41) is 0. The molecule has 0 radical (unpaired) electrons. The van der Waals surface area contributed by atoms with E-state index in [1.54, 1.807) is 6.42 Å². The van der Waals surface area contributed by atoms with E-state index in [0.29, 0.717) is 0 Å². The van der Waals surface area contributed by atoms with Crippen LogP contribution in [0.4, 0.5) is 0 Å². The molecule has 0 nitrogen and oxygen atoms in total. The summed E-state index contributed by atoms with van der Waals surface area (Å²) >= 11 is 0. The summed E-state index contributed by atoms with van der Waals surface area (Å²) in [5.74, 6) is 2.24. The van der Waals surface area contributed by atoms with Crippen molar-refractivity contribution in [3.8, 4) is 0 Å². The lowest BCUT2D eigenvalue weighted by Crippen LogP contribution is -2.23. The van der Waals surface area contributed by atoms with E-state index < -0.39 is 0 Å². The Morgan fingerprint density at radius 2 is 2.00 bits per heavy atom. The predicted molar refractivity (Wildman–Crippen MR) is 41.7 cm³/mol. The molecule has 3 rings (SSSR count). The largest absolute Gasteiger partial charge is 0.0701 e. The van der Waals surface area contributed by atoms with Gasteiger partial charge in [0.25, 0.3) is 0 Å². The van der Waals surface area contributed by atoms with Crippen LogP contribution in [0.15, 0.2) is 11.1 Å². The Bertz CT molecular complexity index is 194. The van der Waals surface area contributed by atoms with Crippen molar-refractivity contribution in [3.05, 3.63) is 11.1 Å². The van der Waals surface area contributed by atoms with Gasteiger partial charge in [-0.1, -0.05) is 17.6 Å². The Hall–Kier alpha value is -0.260. The lowest BCUT2D eigenvalue weighted by atomic mass is 9.71. The summed E-state index contributed by atoms with van der Waals surface area (Å²) in [4.78, 5) is 0. The molecule has 54 valence electrons. The number of fused-ring (bicyclic) bond motifs is 1. The molecule has 3 saturated carbocycles. The molecule has 0 aromatic heterocycles. The molecule has 0 aliphatic heterocycles. The molecule has 3 aliphatic carbocycles. The minimum atomic E-state index is 1.09. The van der Waals surface area contributed by atoms with Crippen molar-refractivity contribution in [1.29, 1.82) is 0 Å². The summed E-state index contributed by atoms with van der Waals surface area (Å²) < 4.78 is 0. The van der Waals surface area contributed by atoms with Crippen molar-refractivity contribution < 1.29 is 0 Å². The maximum absolute atomic E-state index is 1.91. The number of rotatable bonds is 0. The van der Waals surface area contributed by atoms with Gasteiger partial charge in [0.1, 0.15) is 0 Å². The van der Waals surface area contributed by atoms with E-state index in [1.165, 1.54) is 32.1 Å². The lowest BCUT2D eigenvalue weighted by Gasteiger charge is -2.34. The van der Waals surface area contributed by atoms with Crippen molar-refractivity contribution in [2.45, 2.75) is 38.5 Å². The fraction of sp³-hybridized carbons (Fsp3) is 0.800. The zero-order valence-corrected chi connectivity index (χ0v) is 6.40. The van der Waals surface area contributed by atoms with Gasteiger partial charge in [0.2, 0.25) is 0 Å². The average molecular weight is 134 g/mol. The van der Waals surface area contributed by atoms with Gasteiger partial charge in [-0.05, 0) is 43.9 Å². The van der Waals surface area contributed by atoms with E-state index in [0.717, 1.165) is 11.8 Å². The van der Waals surface area contributed by atoms with Crippen LogP contribution in [0.1, 0.15) is 38.5 Å². The molecule has 0 spiro atoms. The van der Waals surface area contributed by atoms with Gasteiger partial charge in [-0.2, -0.15) is 0 Å². The highest BCUT2D eigenvalue weighted by Crippen LogP contribution is 2.55. The van der Waals surface area contributed by atoms with Crippen LogP contribution in [0.25, 0.3) is 0 Å². The molecule has 0 saturated heterocycles. The molecular weight excluding hydrogens is 120 g/mol. The minimum absolute atomic E-state index is 1.09. The molecular formula is C10H14. The first-order valence-electron chi connectivity index (χ1n) is 4.66. The Kier molecular flexibility index (Phi) is 0.898. The second-order valence-corrected chi connectivity index (χ2v) is 4.13. The molecule has 0 heteroatoms. The number of hydrogen-bond acceptors (Lipinski definition) is 0. The average Bonchev–Trinajstić information content (AvgIpc) is 2.61. The third kappa shape index (κ3) is 0.574. The molecule has 2 unspecified atom stereocenters. The maximum atomic E-state index is 1.91. The molecule has 0 N–H and O–H groups in total. The summed E-state index contributed by atoms with van der Waals surface area (Å²) in [6, 6.07) is 0. The molecule has 10 heavy (non-hydrogen) atoms. The normalized spacial score (nSPS) is 43.2. The van der Waals surface area contributed by atoms with Crippen LogP contribution in [-0.2, 0) is 0 Å². The number of allylic oxidation sites excluding steroid dienone is 2. The highest BCUT2D eigenvalue weighted by molar-refractivity contribution is 5.33. The molecule has 2 atom stereocenters. The Morgan fingerprint density at radius 1 is 1.10 bits per heavy atom. The Morgan fingerprint density at radius 3 is 2.70 bits per heavy atom. The second kappa shape index (κ2) is 1.66. The highest BCUT2D eigenvalue weighted by atomic mass is 14.5. The van der Waals surface area contributed by atoms with Crippen molar-refractivity contribution >= 4 is 0 Å². The maximum Gasteiger partial charge on any atom is -0.0169 e. The smallest absolute Gasteiger partial charge is 0.0169 e. The van der Waals surface area contributed by atoms with Crippen molar-refractivity contribution in [2.75, 3.05) is 0 Å². The molecule has 0 bridgehead atoms. The Labute approximate surface area is 62.3 Å². The quantitative estimate of drug-likeness (QED) is 0.447. The zero-order valence-electron chi connectivity index (χ0n) is 6.40. The van der Waals surface area contributed by atoms with Crippen LogP contribution in [0.2, 0.25) is 0 Å². The van der Waals surface area contributed by atoms with E-state index in [9.17, 15) is 0 Å². The molecule has 0 heterocycles. The van der Waals surface area contributed by atoms with E-state index in [1.807, 2.05) is 11.1 Å². The zero-order chi connectivity index (χ0) is 6.55. The first kappa shape index (κ1) is 5.40.